The summed E-state index contributed by atoms with van der Waals surface area (Å²) in [4.78, 5) is 15.2. The normalized spacial score (nSPS) is 24.1. The van der Waals surface area contributed by atoms with E-state index < -0.39 is 12.0 Å². The molecule has 0 bridgehead atoms. The molecule has 1 atom stereocenters. The summed E-state index contributed by atoms with van der Waals surface area (Å²) in [5.41, 5.74) is 3.40. The molecule has 2 heterocycles. The molecule has 2 aliphatic rings. The van der Waals surface area contributed by atoms with Crippen LogP contribution in [0.2, 0.25) is 0 Å². The van der Waals surface area contributed by atoms with Gasteiger partial charge in [-0.05, 0) is 24.5 Å². The minimum atomic E-state index is -0.740. The summed E-state index contributed by atoms with van der Waals surface area (Å²) in [5.74, 6) is -0.740. The van der Waals surface area contributed by atoms with Crippen molar-refractivity contribution in [1.82, 2.24) is 10.3 Å². The summed E-state index contributed by atoms with van der Waals surface area (Å²) in [6, 6.07) is 7.77. The molecule has 1 spiro atoms. The average molecular weight is 284 g/mol. The highest BCUT2D eigenvalue weighted by Gasteiger charge is 2.44. The fraction of sp³-hybridized carbons (Fsp3) is 0.471. The van der Waals surface area contributed by atoms with E-state index in [1.807, 2.05) is 12.1 Å². The Bertz CT molecular complexity index is 698. The Hall–Kier alpha value is -1.81. The van der Waals surface area contributed by atoms with Crippen LogP contribution in [0.4, 0.5) is 0 Å². The number of aliphatic carboxylic acids is 1. The van der Waals surface area contributed by atoms with Crippen LogP contribution in [0.25, 0.3) is 10.9 Å². The highest BCUT2D eigenvalue weighted by atomic mass is 16.4. The molecule has 0 amide bonds. The van der Waals surface area contributed by atoms with E-state index in [-0.39, 0.29) is 5.54 Å². The minimum absolute atomic E-state index is 0.173. The number of nitrogens with one attached hydrogen (secondary N) is 2. The van der Waals surface area contributed by atoms with E-state index in [2.05, 4.69) is 22.4 Å². The molecule has 1 aromatic carbocycles. The second-order valence-electron chi connectivity index (χ2n) is 6.41. The van der Waals surface area contributed by atoms with Gasteiger partial charge in [0, 0.05) is 23.0 Å². The highest BCUT2D eigenvalue weighted by molar-refractivity contribution is 5.87. The number of para-hydroxylation sites is 1. The maximum atomic E-state index is 11.6. The molecule has 1 aliphatic carbocycles. The predicted molar refractivity (Wildman–Crippen MR) is 81.3 cm³/mol. The van der Waals surface area contributed by atoms with Crippen LogP contribution in [-0.2, 0) is 16.8 Å². The zero-order valence-electron chi connectivity index (χ0n) is 12.0. The lowest BCUT2D eigenvalue weighted by molar-refractivity contribution is -0.140. The zero-order valence-corrected chi connectivity index (χ0v) is 12.0. The Morgan fingerprint density at radius 3 is 2.71 bits per heavy atom. The Balaban J connectivity index is 1.91. The third-order valence-corrected chi connectivity index (χ3v) is 5.16. The van der Waals surface area contributed by atoms with E-state index >= 15 is 0 Å². The Kier molecular flexibility index (Phi) is 2.82. The molecule has 1 fully saturated rings. The first-order valence-electron chi connectivity index (χ1n) is 7.80. The third-order valence-electron chi connectivity index (χ3n) is 5.16. The SMILES string of the molecule is O=C(O)C1Cc2c([nH]c3ccccc23)C2(CCCCC2)N1. The number of rotatable bonds is 1. The van der Waals surface area contributed by atoms with Crippen LogP contribution >= 0.6 is 0 Å². The van der Waals surface area contributed by atoms with Crippen molar-refractivity contribution in [3.8, 4) is 0 Å². The van der Waals surface area contributed by atoms with Gasteiger partial charge in [-0.25, -0.2) is 0 Å². The molecule has 2 aromatic rings. The maximum Gasteiger partial charge on any atom is 0.321 e. The van der Waals surface area contributed by atoms with Crippen molar-refractivity contribution >= 4 is 16.9 Å². The molecule has 4 rings (SSSR count). The third kappa shape index (κ3) is 1.89. The fourth-order valence-electron chi connectivity index (χ4n) is 4.18. The minimum Gasteiger partial charge on any atom is -0.480 e. The lowest BCUT2D eigenvalue weighted by atomic mass is 9.74. The van der Waals surface area contributed by atoms with Crippen LogP contribution in [-0.4, -0.2) is 22.1 Å². The Morgan fingerprint density at radius 2 is 1.95 bits per heavy atom. The summed E-state index contributed by atoms with van der Waals surface area (Å²) in [6.07, 6.45) is 6.18. The quantitative estimate of drug-likeness (QED) is 0.754. The molecule has 1 aromatic heterocycles. The Labute approximate surface area is 123 Å². The predicted octanol–water partition coefficient (Wildman–Crippen LogP) is 2.93. The number of carboxylic acid groups (broad SMARTS) is 1. The van der Waals surface area contributed by atoms with Gasteiger partial charge in [0.2, 0.25) is 0 Å². The van der Waals surface area contributed by atoms with Gasteiger partial charge in [0.05, 0.1) is 5.54 Å². The molecular weight excluding hydrogens is 264 g/mol. The first-order chi connectivity index (χ1) is 10.2. The lowest BCUT2D eigenvalue weighted by Gasteiger charge is -2.43. The van der Waals surface area contributed by atoms with Crippen LogP contribution in [0.15, 0.2) is 24.3 Å². The van der Waals surface area contributed by atoms with Crippen LogP contribution in [0.1, 0.15) is 43.4 Å². The molecule has 3 N–H and O–H groups in total. The molecule has 0 radical (unpaired) electrons. The number of benzene rings is 1. The van der Waals surface area contributed by atoms with Gasteiger partial charge in [-0.3, -0.25) is 10.1 Å². The molecule has 4 nitrogen and oxygen atoms in total. The van der Waals surface area contributed by atoms with Crippen LogP contribution in [0.5, 0.6) is 0 Å². The monoisotopic (exact) mass is 284 g/mol. The summed E-state index contributed by atoms with van der Waals surface area (Å²) >= 11 is 0. The molecule has 1 aliphatic heterocycles. The van der Waals surface area contributed by atoms with Crippen molar-refractivity contribution in [3.63, 3.8) is 0 Å². The second kappa shape index (κ2) is 4.60. The topological polar surface area (TPSA) is 65.1 Å². The maximum absolute atomic E-state index is 11.6. The number of hydrogen-bond acceptors (Lipinski definition) is 2. The van der Waals surface area contributed by atoms with Gasteiger partial charge in [-0.2, -0.15) is 0 Å². The van der Waals surface area contributed by atoms with E-state index in [1.54, 1.807) is 0 Å². The molecule has 110 valence electrons. The van der Waals surface area contributed by atoms with Crippen molar-refractivity contribution in [2.75, 3.05) is 0 Å². The number of hydrogen-bond donors (Lipinski definition) is 3. The Morgan fingerprint density at radius 1 is 1.19 bits per heavy atom. The van der Waals surface area contributed by atoms with Gasteiger partial charge >= 0.3 is 5.97 Å². The first-order valence-corrected chi connectivity index (χ1v) is 7.80. The van der Waals surface area contributed by atoms with Gasteiger partial charge in [-0.15, -0.1) is 0 Å². The van der Waals surface area contributed by atoms with Gasteiger partial charge < -0.3 is 10.1 Å². The van der Waals surface area contributed by atoms with Crippen molar-refractivity contribution in [3.05, 3.63) is 35.5 Å². The molecule has 4 heteroatoms. The van der Waals surface area contributed by atoms with Gasteiger partial charge in [-0.1, -0.05) is 37.5 Å². The number of fused-ring (bicyclic) bond motifs is 4. The second-order valence-corrected chi connectivity index (χ2v) is 6.41. The lowest BCUT2D eigenvalue weighted by Crippen LogP contribution is -2.56. The number of carboxylic acids is 1. The summed E-state index contributed by atoms with van der Waals surface area (Å²) in [5, 5.41) is 14.2. The molecule has 21 heavy (non-hydrogen) atoms. The van der Waals surface area contributed by atoms with Crippen LogP contribution in [0, 0.1) is 0 Å². The average Bonchev–Trinajstić information content (AvgIpc) is 2.88. The molecule has 0 saturated heterocycles. The van der Waals surface area contributed by atoms with Crippen molar-refractivity contribution < 1.29 is 9.90 Å². The van der Waals surface area contributed by atoms with E-state index in [4.69, 9.17) is 0 Å². The van der Waals surface area contributed by atoms with E-state index in [0.717, 1.165) is 31.2 Å². The molecule has 1 unspecified atom stereocenters. The number of aromatic amines is 1. The number of aromatic nitrogens is 1. The molecular formula is C17H20N2O2. The van der Waals surface area contributed by atoms with E-state index in [9.17, 15) is 9.90 Å². The molecule has 1 saturated carbocycles. The van der Waals surface area contributed by atoms with Crippen molar-refractivity contribution in [2.45, 2.75) is 50.1 Å². The highest BCUT2D eigenvalue weighted by Crippen LogP contribution is 2.43. The van der Waals surface area contributed by atoms with Crippen molar-refractivity contribution in [1.29, 1.82) is 0 Å². The van der Waals surface area contributed by atoms with E-state index in [1.165, 1.54) is 23.1 Å². The standard InChI is InChI=1S/C17H20N2O2/c20-16(21)14-10-12-11-6-2-3-7-13(11)18-15(12)17(19-14)8-4-1-5-9-17/h2-3,6-7,14,18-19H,1,4-5,8-10H2,(H,20,21). The van der Waals surface area contributed by atoms with Crippen LogP contribution < -0.4 is 5.32 Å². The van der Waals surface area contributed by atoms with Gasteiger partial charge in [0.1, 0.15) is 6.04 Å². The van der Waals surface area contributed by atoms with Crippen LogP contribution in [0.3, 0.4) is 0 Å². The number of carbonyl (C=O) groups is 1. The van der Waals surface area contributed by atoms with E-state index in [0.29, 0.717) is 6.42 Å². The summed E-state index contributed by atoms with van der Waals surface area (Å²) < 4.78 is 0. The zero-order chi connectivity index (χ0) is 14.4. The van der Waals surface area contributed by atoms with Gasteiger partial charge in [0.15, 0.2) is 0 Å². The summed E-state index contributed by atoms with van der Waals surface area (Å²) in [7, 11) is 0. The van der Waals surface area contributed by atoms with Crippen molar-refractivity contribution in [2.24, 2.45) is 0 Å². The first kappa shape index (κ1) is 12.9. The van der Waals surface area contributed by atoms with Gasteiger partial charge in [0.25, 0.3) is 0 Å². The largest absolute Gasteiger partial charge is 0.480 e. The summed E-state index contributed by atoms with van der Waals surface area (Å²) in [6.45, 7) is 0. The smallest absolute Gasteiger partial charge is 0.321 e. The fourth-order valence-corrected chi connectivity index (χ4v) is 4.18. The number of H-pyrrole nitrogens is 1.